The third kappa shape index (κ3) is 2.78. The summed E-state index contributed by atoms with van der Waals surface area (Å²) in [6.07, 6.45) is 2.24. The minimum atomic E-state index is 0.0674. The Morgan fingerprint density at radius 3 is 2.53 bits per heavy atom. The molecule has 0 saturated carbocycles. The standard InChI is InChI=1S/C14H19NO2/c1-14(2)8-3-9-15(10-14)13(17)11-4-6-12(16)7-5-11/h4-7,16H,3,8-10H2,1-2H3. The molecule has 1 heterocycles. The van der Waals surface area contributed by atoms with E-state index in [2.05, 4.69) is 13.8 Å². The van der Waals surface area contributed by atoms with E-state index in [4.69, 9.17) is 0 Å². The van der Waals surface area contributed by atoms with Crippen LogP contribution in [0.2, 0.25) is 0 Å². The molecule has 0 spiro atoms. The quantitative estimate of drug-likeness (QED) is 0.810. The van der Waals surface area contributed by atoms with Gasteiger partial charge in [0.1, 0.15) is 5.75 Å². The van der Waals surface area contributed by atoms with Crippen molar-refractivity contribution in [2.75, 3.05) is 13.1 Å². The van der Waals surface area contributed by atoms with Crippen LogP contribution in [0.4, 0.5) is 0 Å². The molecule has 1 aliphatic rings. The second-order valence-corrected chi connectivity index (χ2v) is 5.54. The average molecular weight is 233 g/mol. The third-order valence-corrected chi connectivity index (χ3v) is 3.30. The molecule has 0 atom stereocenters. The molecule has 0 radical (unpaired) electrons. The van der Waals surface area contributed by atoms with Crippen molar-refractivity contribution in [1.29, 1.82) is 0 Å². The molecule has 1 amide bonds. The van der Waals surface area contributed by atoms with Crippen molar-refractivity contribution in [3.63, 3.8) is 0 Å². The van der Waals surface area contributed by atoms with Gasteiger partial charge in [-0.2, -0.15) is 0 Å². The summed E-state index contributed by atoms with van der Waals surface area (Å²) in [5, 5.41) is 9.21. The molecule has 92 valence electrons. The molecule has 0 unspecified atom stereocenters. The first-order chi connectivity index (χ1) is 7.98. The molecule has 1 aliphatic heterocycles. The lowest BCUT2D eigenvalue weighted by atomic mass is 9.84. The number of rotatable bonds is 1. The van der Waals surface area contributed by atoms with Crippen LogP contribution in [0.1, 0.15) is 37.0 Å². The van der Waals surface area contributed by atoms with Gasteiger partial charge in [0.2, 0.25) is 0 Å². The zero-order chi connectivity index (χ0) is 12.5. The van der Waals surface area contributed by atoms with E-state index in [0.717, 1.165) is 19.5 Å². The molecule has 1 aromatic carbocycles. The lowest BCUT2D eigenvalue weighted by Gasteiger charge is -2.38. The second kappa shape index (κ2) is 4.40. The molecule has 3 nitrogen and oxygen atoms in total. The molecule has 1 fully saturated rings. The van der Waals surface area contributed by atoms with Crippen LogP contribution in [-0.2, 0) is 0 Å². The van der Waals surface area contributed by atoms with Gasteiger partial charge in [-0.15, -0.1) is 0 Å². The van der Waals surface area contributed by atoms with Crippen molar-refractivity contribution < 1.29 is 9.90 Å². The predicted molar refractivity (Wildman–Crippen MR) is 67.0 cm³/mol. The smallest absolute Gasteiger partial charge is 0.253 e. The van der Waals surface area contributed by atoms with Gasteiger partial charge in [-0.05, 0) is 42.5 Å². The summed E-state index contributed by atoms with van der Waals surface area (Å²) < 4.78 is 0. The highest BCUT2D eigenvalue weighted by atomic mass is 16.3. The van der Waals surface area contributed by atoms with Gasteiger partial charge in [0.15, 0.2) is 0 Å². The Morgan fingerprint density at radius 2 is 1.94 bits per heavy atom. The Labute approximate surface area is 102 Å². The van der Waals surface area contributed by atoms with E-state index in [1.54, 1.807) is 24.3 Å². The molecule has 3 heteroatoms. The number of carbonyl (C=O) groups is 1. The maximum absolute atomic E-state index is 12.2. The number of amides is 1. The maximum Gasteiger partial charge on any atom is 0.253 e. The van der Waals surface area contributed by atoms with E-state index in [1.807, 2.05) is 4.90 Å². The first kappa shape index (κ1) is 12.0. The Balaban J connectivity index is 2.12. The molecular weight excluding hydrogens is 214 g/mol. The molecule has 2 rings (SSSR count). The highest BCUT2D eigenvalue weighted by Gasteiger charge is 2.29. The minimum absolute atomic E-state index is 0.0674. The van der Waals surface area contributed by atoms with Gasteiger partial charge in [-0.25, -0.2) is 0 Å². The number of benzene rings is 1. The van der Waals surface area contributed by atoms with Crippen LogP contribution in [0.25, 0.3) is 0 Å². The Hall–Kier alpha value is -1.51. The molecule has 1 N–H and O–H groups in total. The number of aromatic hydroxyl groups is 1. The van der Waals surface area contributed by atoms with Gasteiger partial charge >= 0.3 is 0 Å². The van der Waals surface area contributed by atoms with Crippen LogP contribution in [0.3, 0.4) is 0 Å². The number of likely N-dealkylation sites (tertiary alicyclic amines) is 1. The summed E-state index contributed by atoms with van der Waals surface area (Å²) in [6, 6.07) is 6.48. The normalized spacial score (nSPS) is 19.1. The summed E-state index contributed by atoms with van der Waals surface area (Å²) in [4.78, 5) is 14.2. The molecule has 0 aromatic heterocycles. The molecule has 0 aliphatic carbocycles. The van der Waals surface area contributed by atoms with E-state index in [0.29, 0.717) is 5.56 Å². The van der Waals surface area contributed by atoms with Gasteiger partial charge < -0.3 is 10.0 Å². The van der Waals surface area contributed by atoms with Gasteiger partial charge in [-0.1, -0.05) is 13.8 Å². The number of phenols is 1. The van der Waals surface area contributed by atoms with Crippen LogP contribution in [0.5, 0.6) is 5.75 Å². The van der Waals surface area contributed by atoms with Gasteiger partial charge in [0.25, 0.3) is 5.91 Å². The van der Waals surface area contributed by atoms with E-state index in [9.17, 15) is 9.90 Å². The first-order valence-electron chi connectivity index (χ1n) is 6.06. The van der Waals surface area contributed by atoms with E-state index in [-0.39, 0.29) is 17.1 Å². The topological polar surface area (TPSA) is 40.5 Å². The molecular formula is C14H19NO2. The SMILES string of the molecule is CC1(C)CCCN(C(=O)c2ccc(O)cc2)C1. The summed E-state index contributed by atoms with van der Waals surface area (Å²) >= 11 is 0. The maximum atomic E-state index is 12.2. The minimum Gasteiger partial charge on any atom is -0.508 e. The lowest BCUT2D eigenvalue weighted by molar-refractivity contribution is 0.0583. The zero-order valence-corrected chi connectivity index (χ0v) is 10.4. The highest BCUT2D eigenvalue weighted by molar-refractivity contribution is 5.94. The second-order valence-electron chi connectivity index (χ2n) is 5.54. The van der Waals surface area contributed by atoms with Gasteiger partial charge in [0, 0.05) is 18.7 Å². The number of nitrogens with zero attached hydrogens (tertiary/aromatic N) is 1. The van der Waals surface area contributed by atoms with Gasteiger partial charge in [0.05, 0.1) is 0 Å². The van der Waals surface area contributed by atoms with Crippen molar-refractivity contribution in [3.05, 3.63) is 29.8 Å². The Morgan fingerprint density at radius 1 is 1.29 bits per heavy atom. The number of hydrogen-bond acceptors (Lipinski definition) is 2. The monoisotopic (exact) mass is 233 g/mol. The fourth-order valence-electron chi connectivity index (χ4n) is 2.38. The number of piperidine rings is 1. The number of phenolic OH excluding ortho intramolecular Hbond substituents is 1. The zero-order valence-electron chi connectivity index (χ0n) is 10.4. The Bertz CT molecular complexity index is 409. The highest BCUT2D eigenvalue weighted by Crippen LogP contribution is 2.29. The largest absolute Gasteiger partial charge is 0.508 e. The van der Waals surface area contributed by atoms with Crippen LogP contribution in [0, 0.1) is 5.41 Å². The first-order valence-corrected chi connectivity index (χ1v) is 6.06. The van der Waals surface area contributed by atoms with E-state index >= 15 is 0 Å². The number of hydrogen-bond donors (Lipinski definition) is 1. The van der Waals surface area contributed by atoms with Gasteiger partial charge in [-0.3, -0.25) is 4.79 Å². The molecule has 17 heavy (non-hydrogen) atoms. The summed E-state index contributed by atoms with van der Waals surface area (Å²) in [7, 11) is 0. The van der Waals surface area contributed by atoms with Crippen LogP contribution in [0.15, 0.2) is 24.3 Å². The van der Waals surface area contributed by atoms with Crippen LogP contribution < -0.4 is 0 Å². The van der Waals surface area contributed by atoms with Crippen molar-refractivity contribution in [3.8, 4) is 5.75 Å². The van der Waals surface area contributed by atoms with Crippen molar-refractivity contribution in [2.24, 2.45) is 5.41 Å². The van der Waals surface area contributed by atoms with Crippen molar-refractivity contribution >= 4 is 5.91 Å². The summed E-state index contributed by atoms with van der Waals surface area (Å²) in [5.41, 5.74) is 0.866. The number of carbonyl (C=O) groups excluding carboxylic acids is 1. The van der Waals surface area contributed by atoms with Crippen molar-refractivity contribution in [1.82, 2.24) is 4.90 Å². The molecule has 1 saturated heterocycles. The molecule has 0 bridgehead atoms. The summed E-state index contributed by atoms with van der Waals surface area (Å²) in [6.45, 7) is 6.04. The predicted octanol–water partition coefficient (Wildman–Crippen LogP) is 2.65. The lowest BCUT2D eigenvalue weighted by Crippen LogP contribution is -2.43. The summed E-state index contributed by atoms with van der Waals surface area (Å²) in [5.74, 6) is 0.262. The van der Waals surface area contributed by atoms with E-state index in [1.165, 1.54) is 6.42 Å². The van der Waals surface area contributed by atoms with Crippen molar-refractivity contribution in [2.45, 2.75) is 26.7 Å². The fraction of sp³-hybridized carbons (Fsp3) is 0.500. The average Bonchev–Trinajstić information content (AvgIpc) is 2.28. The molecule has 1 aromatic rings. The van der Waals surface area contributed by atoms with Crippen LogP contribution in [-0.4, -0.2) is 29.0 Å². The third-order valence-electron chi connectivity index (χ3n) is 3.30. The van der Waals surface area contributed by atoms with Crippen LogP contribution >= 0.6 is 0 Å². The fourth-order valence-corrected chi connectivity index (χ4v) is 2.38. The Kier molecular flexibility index (Phi) is 3.09. The van der Waals surface area contributed by atoms with E-state index < -0.39 is 0 Å².